The fourth-order valence-electron chi connectivity index (χ4n) is 2.91. The van der Waals surface area contributed by atoms with Crippen LogP contribution in [0.25, 0.3) is 0 Å². The Labute approximate surface area is 148 Å². The fraction of sp³-hybridized carbons (Fsp3) is 0.500. The highest BCUT2D eigenvalue weighted by Gasteiger charge is 2.18. The van der Waals surface area contributed by atoms with Crippen molar-refractivity contribution in [3.63, 3.8) is 0 Å². The third kappa shape index (κ3) is 4.57. The molecule has 25 heavy (non-hydrogen) atoms. The van der Waals surface area contributed by atoms with E-state index in [2.05, 4.69) is 32.4 Å². The predicted molar refractivity (Wildman–Crippen MR) is 93.9 cm³/mol. The Morgan fingerprint density at radius 2 is 2.20 bits per heavy atom. The maximum Gasteiger partial charge on any atom is 0.220 e. The summed E-state index contributed by atoms with van der Waals surface area (Å²) in [4.78, 5) is 18.1. The molecule has 0 saturated heterocycles. The van der Waals surface area contributed by atoms with E-state index in [-0.39, 0.29) is 5.91 Å². The van der Waals surface area contributed by atoms with Crippen molar-refractivity contribution in [3.05, 3.63) is 41.3 Å². The second-order valence-corrected chi connectivity index (χ2v) is 6.13. The molecule has 0 aromatic carbocycles. The lowest BCUT2D eigenvalue weighted by atomic mass is 10.2. The van der Waals surface area contributed by atoms with Gasteiger partial charge in [-0.25, -0.2) is 4.98 Å². The predicted octanol–water partition coefficient (Wildman–Crippen LogP) is 1.72. The molecule has 2 aromatic heterocycles. The molecule has 7 nitrogen and oxygen atoms in total. The van der Waals surface area contributed by atoms with Crippen molar-refractivity contribution in [3.8, 4) is 5.88 Å². The lowest BCUT2D eigenvalue weighted by Crippen LogP contribution is -2.33. The van der Waals surface area contributed by atoms with Crippen LogP contribution >= 0.6 is 0 Å². The summed E-state index contributed by atoms with van der Waals surface area (Å²) in [6.45, 7) is 8.44. The van der Waals surface area contributed by atoms with Gasteiger partial charge in [0.05, 0.1) is 31.1 Å². The lowest BCUT2D eigenvalue weighted by molar-refractivity contribution is -0.120. The molecule has 1 amide bonds. The number of nitrogens with zero attached hydrogens (tertiary/aromatic N) is 4. The molecule has 134 valence electrons. The van der Waals surface area contributed by atoms with Crippen LogP contribution in [-0.2, 0) is 31.0 Å². The summed E-state index contributed by atoms with van der Waals surface area (Å²) in [5, 5.41) is 7.45. The van der Waals surface area contributed by atoms with E-state index in [4.69, 9.17) is 4.74 Å². The third-order valence-electron chi connectivity index (χ3n) is 4.21. The highest BCUT2D eigenvalue weighted by Crippen LogP contribution is 2.17. The summed E-state index contributed by atoms with van der Waals surface area (Å²) in [6.07, 6.45) is 2.38. The number of fused-ring (bicyclic) bond motifs is 1. The standard InChI is InChI=1S/C18H25N5O2/c1-3-17(24)19-11-15-9-16-13-22(7-8-23(16)21-15)12-14-5-6-18(20-10-14)25-4-2/h5-6,9-10H,3-4,7-8,11-13H2,1-2H3,(H,19,24). The van der Waals surface area contributed by atoms with Gasteiger partial charge in [-0.2, -0.15) is 5.10 Å². The normalized spacial score (nSPS) is 14.2. The molecule has 0 unspecified atom stereocenters. The van der Waals surface area contributed by atoms with Crippen molar-refractivity contribution in [2.45, 2.75) is 46.4 Å². The first-order valence-corrected chi connectivity index (χ1v) is 8.80. The van der Waals surface area contributed by atoms with Gasteiger partial charge in [0, 0.05) is 38.3 Å². The Balaban J connectivity index is 1.57. The van der Waals surface area contributed by atoms with E-state index in [1.807, 2.05) is 30.8 Å². The third-order valence-corrected chi connectivity index (χ3v) is 4.21. The average molecular weight is 343 g/mol. The van der Waals surface area contributed by atoms with Crippen molar-refractivity contribution in [2.75, 3.05) is 13.2 Å². The molecule has 0 fully saturated rings. The van der Waals surface area contributed by atoms with Gasteiger partial charge < -0.3 is 10.1 Å². The molecule has 7 heteroatoms. The average Bonchev–Trinajstić information content (AvgIpc) is 3.03. The van der Waals surface area contributed by atoms with E-state index in [1.54, 1.807) is 0 Å². The Morgan fingerprint density at radius 3 is 2.92 bits per heavy atom. The van der Waals surface area contributed by atoms with Crippen LogP contribution in [0.3, 0.4) is 0 Å². The second-order valence-electron chi connectivity index (χ2n) is 6.13. The lowest BCUT2D eigenvalue weighted by Gasteiger charge is -2.27. The van der Waals surface area contributed by atoms with Gasteiger partial charge in [0.15, 0.2) is 0 Å². The van der Waals surface area contributed by atoms with Crippen molar-refractivity contribution >= 4 is 5.91 Å². The van der Waals surface area contributed by atoms with Crippen molar-refractivity contribution < 1.29 is 9.53 Å². The van der Waals surface area contributed by atoms with Crippen LogP contribution in [0.15, 0.2) is 24.4 Å². The summed E-state index contributed by atoms with van der Waals surface area (Å²) in [5.41, 5.74) is 3.28. The zero-order chi connectivity index (χ0) is 17.6. The van der Waals surface area contributed by atoms with Crippen LogP contribution in [0.2, 0.25) is 0 Å². The quantitative estimate of drug-likeness (QED) is 0.829. The minimum absolute atomic E-state index is 0.0515. The largest absolute Gasteiger partial charge is 0.478 e. The Bertz CT molecular complexity index is 711. The van der Waals surface area contributed by atoms with Crippen molar-refractivity contribution in [1.82, 2.24) is 25.0 Å². The van der Waals surface area contributed by atoms with Gasteiger partial charge in [0.25, 0.3) is 0 Å². The summed E-state index contributed by atoms with van der Waals surface area (Å²) in [7, 11) is 0. The number of hydrogen-bond acceptors (Lipinski definition) is 5. The van der Waals surface area contributed by atoms with Crippen molar-refractivity contribution in [2.24, 2.45) is 0 Å². The smallest absolute Gasteiger partial charge is 0.220 e. The van der Waals surface area contributed by atoms with Crippen molar-refractivity contribution in [1.29, 1.82) is 0 Å². The summed E-state index contributed by atoms with van der Waals surface area (Å²) >= 11 is 0. The molecule has 0 aliphatic carbocycles. The number of aromatic nitrogens is 3. The van der Waals surface area contributed by atoms with Gasteiger partial charge in [-0.3, -0.25) is 14.4 Å². The highest BCUT2D eigenvalue weighted by molar-refractivity contribution is 5.75. The second kappa shape index (κ2) is 8.11. The summed E-state index contributed by atoms with van der Waals surface area (Å²) in [6, 6.07) is 6.07. The zero-order valence-corrected chi connectivity index (χ0v) is 14.9. The van der Waals surface area contributed by atoms with Gasteiger partial charge >= 0.3 is 0 Å². The van der Waals surface area contributed by atoms with E-state index in [9.17, 15) is 4.79 Å². The summed E-state index contributed by atoms with van der Waals surface area (Å²) in [5.74, 6) is 0.720. The molecule has 1 aliphatic rings. The number of carbonyl (C=O) groups excluding carboxylic acids is 1. The SMILES string of the molecule is CCOc1ccc(CN2CCn3nc(CNC(=O)CC)cc3C2)cn1. The van der Waals surface area contributed by atoms with E-state index in [0.29, 0.717) is 25.5 Å². The van der Waals surface area contributed by atoms with Gasteiger partial charge in [0.1, 0.15) is 0 Å². The molecule has 0 atom stereocenters. The molecule has 3 rings (SSSR count). The monoisotopic (exact) mass is 343 g/mol. The molecule has 0 spiro atoms. The Hall–Kier alpha value is -2.41. The minimum atomic E-state index is 0.0515. The maximum absolute atomic E-state index is 11.4. The van der Waals surface area contributed by atoms with Crippen LogP contribution in [0.4, 0.5) is 0 Å². The van der Waals surface area contributed by atoms with Gasteiger partial charge in [0.2, 0.25) is 11.8 Å². The first kappa shape index (κ1) is 17.4. The van der Waals surface area contributed by atoms with E-state index >= 15 is 0 Å². The highest BCUT2D eigenvalue weighted by atomic mass is 16.5. The van der Waals surface area contributed by atoms with Gasteiger partial charge in [-0.15, -0.1) is 0 Å². The molecular weight excluding hydrogens is 318 g/mol. The topological polar surface area (TPSA) is 72.3 Å². The number of pyridine rings is 1. The molecule has 0 saturated carbocycles. The molecule has 2 aromatic rings. The van der Waals surface area contributed by atoms with Crippen LogP contribution in [0.5, 0.6) is 5.88 Å². The first-order chi connectivity index (χ1) is 12.2. The molecule has 3 heterocycles. The van der Waals surface area contributed by atoms with E-state index in [1.165, 1.54) is 11.3 Å². The van der Waals surface area contributed by atoms with Crippen LogP contribution in [-0.4, -0.2) is 38.7 Å². The number of ether oxygens (including phenoxy) is 1. The number of rotatable bonds is 7. The molecule has 1 N–H and O–H groups in total. The maximum atomic E-state index is 11.4. The van der Waals surface area contributed by atoms with Crippen LogP contribution in [0, 0.1) is 0 Å². The molecule has 0 bridgehead atoms. The van der Waals surface area contributed by atoms with Gasteiger partial charge in [-0.1, -0.05) is 13.0 Å². The number of hydrogen-bond donors (Lipinski definition) is 1. The Kier molecular flexibility index (Phi) is 5.65. The number of nitrogens with one attached hydrogen (secondary N) is 1. The van der Waals surface area contributed by atoms with Crippen LogP contribution < -0.4 is 10.1 Å². The van der Waals surface area contributed by atoms with E-state index in [0.717, 1.165) is 31.9 Å². The first-order valence-electron chi connectivity index (χ1n) is 8.80. The molecule has 0 radical (unpaired) electrons. The fourth-order valence-corrected chi connectivity index (χ4v) is 2.91. The molecule has 1 aliphatic heterocycles. The minimum Gasteiger partial charge on any atom is -0.478 e. The molecular formula is C18H25N5O2. The number of carbonyl (C=O) groups is 1. The van der Waals surface area contributed by atoms with Gasteiger partial charge in [-0.05, 0) is 18.6 Å². The van der Waals surface area contributed by atoms with E-state index < -0.39 is 0 Å². The van der Waals surface area contributed by atoms with Crippen LogP contribution in [0.1, 0.15) is 37.2 Å². The number of amides is 1. The zero-order valence-electron chi connectivity index (χ0n) is 14.9. The summed E-state index contributed by atoms with van der Waals surface area (Å²) < 4.78 is 7.42. The Morgan fingerprint density at radius 1 is 1.32 bits per heavy atom.